The van der Waals surface area contributed by atoms with Crippen LogP contribution in [0.3, 0.4) is 0 Å². The number of nitrogens with zero attached hydrogens (tertiary/aromatic N) is 2. The number of esters is 1. The Hall–Kier alpha value is -2.43. The van der Waals surface area contributed by atoms with Crippen LogP contribution in [-0.4, -0.2) is 23.0 Å². The Kier molecular flexibility index (Phi) is 3.30. The summed E-state index contributed by atoms with van der Waals surface area (Å²) in [4.78, 5) is 19.1. The first-order chi connectivity index (χ1) is 8.29. The van der Waals surface area contributed by atoms with Crippen molar-refractivity contribution in [1.29, 1.82) is 0 Å². The predicted octanol–water partition coefficient (Wildman–Crippen LogP) is 2.01. The second kappa shape index (κ2) is 5.07. The zero-order chi connectivity index (χ0) is 12.1. The number of hydrogen-bond donors (Lipinski definition) is 1. The topological polar surface area (TPSA) is 64.1 Å². The van der Waals surface area contributed by atoms with Gasteiger partial charge in [0.1, 0.15) is 12.1 Å². The summed E-state index contributed by atoms with van der Waals surface area (Å²) in [6.45, 7) is 0. The molecule has 0 saturated carbocycles. The Balaban J connectivity index is 2.20. The summed E-state index contributed by atoms with van der Waals surface area (Å²) in [7, 11) is 1.31. The van der Waals surface area contributed by atoms with Gasteiger partial charge in [-0.25, -0.2) is 14.8 Å². The van der Waals surface area contributed by atoms with Crippen LogP contribution < -0.4 is 5.32 Å². The van der Waals surface area contributed by atoms with Crippen molar-refractivity contribution in [2.75, 3.05) is 12.4 Å². The highest BCUT2D eigenvalue weighted by atomic mass is 16.5. The largest absolute Gasteiger partial charge is 0.464 e. The molecular formula is C12H11N3O2. The Labute approximate surface area is 98.5 Å². The van der Waals surface area contributed by atoms with Gasteiger partial charge in [-0.05, 0) is 12.1 Å². The lowest BCUT2D eigenvalue weighted by Crippen LogP contribution is -2.05. The molecular weight excluding hydrogens is 218 g/mol. The molecule has 1 aromatic carbocycles. The maximum Gasteiger partial charge on any atom is 0.356 e. The number of nitrogens with one attached hydrogen (secondary N) is 1. The van der Waals surface area contributed by atoms with E-state index in [4.69, 9.17) is 0 Å². The van der Waals surface area contributed by atoms with Gasteiger partial charge in [-0.1, -0.05) is 18.2 Å². The molecule has 0 aliphatic rings. The van der Waals surface area contributed by atoms with Gasteiger partial charge in [-0.3, -0.25) is 0 Å². The highest BCUT2D eigenvalue weighted by Gasteiger charge is 2.08. The van der Waals surface area contributed by atoms with E-state index in [-0.39, 0.29) is 5.69 Å². The monoisotopic (exact) mass is 229 g/mol. The van der Waals surface area contributed by atoms with Crippen molar-refractivity contribution >= 4 is 17.5 Å². The number of carbonyl (C=O) groups excluding carboxylic acids is 1. The highest BCUT2D eigenvalue weighted by molar-refractivity contribution is 5.87. The van der Waals surface area contributed by atoms with E-state index in [1.807, 2.05) is 30.3 Å². The van der Waals surface area contributed by atoms with Gasteiger partial charge in [0, 0.05) is 11.8 Å². The fourth-order valence-electron chi connectivity index (χ4n) is 1.31. The SMILES string of the molecule is COC(=O)c1cc(Nc2ccccc2)ncn1. The smallest absolute Gasteiger partial charge is 0.356 e. The molecule has 2 aromatic rings. The van der Waals surface area contributed by atoms with Crippen molar-refractivity contribution in [3.05, 3.63) is 48.4 Å². The summed E-state index contributed by atoms with van der Waals surface area (Å²) in [5, 5.41) is 3.06. The van der Waals surface area contributed by atoms with Crippen molar-refractivity contribution in [2.45, 2.75) is 0 Å². The van der Waals surface area contributed by atoms with E-state index in [9.17, 15) is 4.79 Å². The van der Waals surface area contributed by atoms with Gasteiger partial charge >= 0.3 is 5.97 Å². The molecule has 5 nitrogen and oxygen atoms in total. The summed E-state index contributed by atoms with van der Waals surface area (Å²) in [5.74, 6) is 0.0649. The number of aromatic nitrogens is 2. The minimum absolute atomic E-state index is 0.223. The Morgan fingerprint density at radius 1 is 1.24 bits per heavy atom. The van der Waals surface area contributed by atoms with Crippen LogP contribution in [0, 0.1) is 0 Å². The number of benzene rings is 1. The van der Waals surface area contributed by atoms with E-state index in [1.165, 1.54) is 13.4 Å². The summed E-state index contributed by atoms with van der Waals surface area (Å²) < 4.78 is 4.58. The minimum atomic E-state index is -0.483. The molecule has 1 aromatic heterocycles. The number of carbonyl (C=O) groups is 1. The molecule has 0 amide bonds. The van der Waals surface area contributed by atoms with Gasteiger partial charge in [0.25, 0.3) is 0 Å². The lowest BCUT2D eigenvalue weighted by Gasteiger charge is -2.05. The maximum atomic E-state index is 11.3. The zero-order valence-electron chi connectivity index (χ0n) is 9.25. The van der Waals surface area contributed by atoms with Crippen LogP contribution in [0.4, 0.5) is 11.5 Å². The van der Waals surface area contributed by atoms with Crippen molar-refractivity contribution in [2.24, 2.45) is 0 Å². The van der Waals surface area contributed by atoms with E-state index in [0.29, 0.717) is 5.82 Å². The molecule has 0 spiro atoms. The van der Waals surface area contributed by atoms with Crippen LogP contribution in [0.2, 0.25) is 0 Å². The third-order valence-corrected chi connectivity index (χ3v) is 2.11. The van der Waals surface area contributed by atoms with Crippen LogP contribution in [0.15, 0.2) is 42.7 Å². The molecule has 0 radical (unpaired) electrons. The molecule has 5 heteroatoms. The van der Waals surface area contributed by atoms with Gasteiger partial charge in [-0.15, -0.1) is 0 Å². The number of methoxy groups -OCH3 is 1. The van der Waals surface area contributed by atoms with Gasteiger partial charge in [0.15, 0.2) is 5.69 Å². The molecule has 2 rings (SSSR count). The van der Waals surface area contributed by atoms with Crippen molar-refractivity contribution < 1.29 is 9.53 Å². The van der Waals surface area contributed by atoms with Crippen molar-refractivity contribution in [1.82, 2.24) is 9.97 Å². The normalized spacial score (nSPS) is 9.71. The molecule has 0 atom stereocenters. The van der Waals surface area contributed by atoms with E-state index in [1.54, 1.807) is 6.07 Å². The number of anilines is 2. The fraction of sp³-hybridized carbons (Fsp3) is 0.0833. The maximum absolute atomic E-state index is 11.3. The first kappa shape index (κ1) is 11.1. The Morgan fingerprint density at radius 2 is 2.00 bits per heavy atom. The third-order valence-electron chi connectivity index (χ3n) is 2.11. The molecule has 0 bridgehead atoms. The average molecular weight is 229 g/mol. The van der Waals surface area contributed by atoms with Crippen LogP contribution in [0.5, 0.6) is 0 Å². The van der Waals surface area contributed by atoms with Gasteiger partial charge in [0.05, 0.1) is 7.11 Å². The van der Waals surface area contributed by atoms with Gasteiger partial charge < -0.3 is 10.1 Å². The Bertz CT molecular complexity index is 514. The molecule has 17 heavy (non-hydrogen) atoms. The molecule has 1 heterocycles. The van der Waals surface area contributed by atoms with Crippen LogP contribution in [0.1, 0.15) is 10.5 Å². The van der Waals surface area contributed by atoms with Crippen LogP contribution >= 0.6 is 0 Å². The van der Waals surface area contributed by atoms with Crippen molar-refractivity contribution in [3.63, 3.8) is 0 Å². The minimum Gasteiger partial charge on any atom is -0.464 e. The quantitative estimate of drug-likeness (QED) is 0.815. The van der Waals surface area contributed by atoms with Crippen molar-refractivity contribution in [3.8, 4) is 0 Å². The first-order valence-electron chi connectivity index (χ1n) is 5.02. The Morgan fingerprint density at radius 3 is 2.71 bits per heavy atom. The third kappa shape index (κ3) is 2.78. The standard InChI is InChI=1S/C12H11N3O2/c1-17-12(16)10-7-11(14-8-13-10)15-9-5-3-2-4-6-9/h2-8H,1H3,(H,13,14,15). The van der Waals surface area contributed by atoms with Crippen LogP contribution in [-0.2, 0) is 4.74 Å². The lowest BCUT2D eigenvalue weighted by molar-refractivity contribution is 0.0594. The number of ether oxygens (including phenoxy) is 1. The molecule has 0 aliphatic carbocycles. The molecule has 0 unspecified atom stereocenters. The first-order valence-corrected chi connectivity index (χ1v) is 5.02. The number of para-hydroxylation sites is 1. The van der Waals surface area contributed by atoms with Gasteiger partial charge in [-0.2, -0.15) is 0 Å². The lowest BCUT2D eigenvalue weighted by atomic mass is 10.3. The van der Waals surface area contributed by atoms with Gasteiger partial charge in [0.2, 0.25) is 0 Å². The van der Waals surface area contributed by atoms with E-state index < -0.39 is 5.97 Å². The zero-order valence-corrected chi connectivity index (χ0v) is 9.25. The fourth-order valence-corrected chi connectivity index (χ4v) is 1.31. The molecule has 86 valence electrons. The van der Waals surface area contributed by atoms with Crippen LogP contribution in [0.25, 0.3) is 0 Å². The van der Waals surface area contributed by atoms with E-state index in [2.05, 4.69) is 20.0 Å². The summed E-state index contributed by atoms with van der Waals surface area (Å²) in [6.07, 6.45) is 1.32. The van der Waals surface area contributed by atoms with E-state index in [0.717, 1.165) is 5.69 Å². The second-order valence-electron chi connectivity index (χ2n) is 3.27. The summed E-state index contributed by atoms with van der Waals surface area (Å²) >= 11 is 0. The number of rotatable bonds is 3. The summed E-state index contributed by atoms with van der Waals surface area (Å²) in [5.41, 5.74) is 1.11. The molecule has 0 saturated heterocycles. The highest BCUT2D eigenvalue weighted by Crippen LogP contribution is 2.13. The summed E-state index contributed by atoms with van der Waals surface area (Å²) in [6, 6.07) is 11.1. The van der Waals surface area contributed by atoms with E-state index >= 15 is 0 Å². The molecule has 1 N–H and O–H groups in total. The second-order valence-corrected chi connectivity index (χ2v) is 3.27. The average Bonchev–Trinajstić information content (AvgIpc) is 2.39. The molecule has 0 fully saturated rings. The predicted molar refractivity (Wildman–Crippen MR) is 63.1 cm³/mol. The molecule has 0 aliphatic heterocycles. The number of hydrogen-bond acceptors (Lipinski definition) is 5.